The van der Waals surface area contributed by atoms with E-state index in [-0.39, 0.29) is 16.5 Å². The van der Waals surface area contributed by atoms with Crippen molar-refractivity contribution in [3.05, 3.63) is 54.3 Å². The van der Waals surface area contributed by atoms with E-state index < -0.39 is 28.3 Å². The quantitative estimate of drug-likeness (QED) is 0.747. The maximum atomic E-state index is 13.2. The van der Waals surface area contributed by atoms with Gasteiger partial charge in [-0.05, 0) is 42.3 Å². The van der Waals surface area contributed by atoms with E-state index in [2.05, 4.69) is 5.32 Å². The standard InChI is InChI=1S/C19H23FN2O4S/c1-14(2)12-21-19(23)13-22(17-6-4-5-7-18(17)26-3)27(24,25)16-10-8-15(20)9-11-16/h4-11,14H,12-13H2,1-3H3,(H,21,23). The fourth-order valence-electron chi connectivity index (χ4n) is 2.37. The maximum Gasteiger partial charge on any atom is 0.264 e. The lowest BCUT2D eigenvalue weighted by atomic mass is 10.2. The van der Waals surface area contributed by atoms with Gasteiger partial charge in [0.15, 0.2) is 0 Å². The van der Waals surface area contributed by atoms with Crippen molar-refractivity contribution < 1.29 is 22.3 Å². The van der Waals surface area contributed by atoms with Crippen LogP contribution in [0.2, 0.25) is 0 Å². The van der Waals surface area contributed by atoms with Gasteiger partial charge in [0.05, 0.1) is 17.7 Å². The van der Waals surface area contributed by atoms with E-state index >= 15 is 0 Å². The Hall–Kier alpha value is -2.61. The first-order valence-electron chi connectivity index (χ1n) is 8.43. The molecular formula is C19H23FN2O4S. The van der Waals surface area contributed by atoms with E-state index in [1.165, 1.54) is 19.2 Å². The largest absolute Gasteiger partial charge is 0.495 e. The molecule has 0 fully saturated rings. The van der Waals surface area contributed by atoms with Gasteiger partial charge in [0.1, 0.15) is 18.1 Å². The molecule has 0 saturated heterocycles. The first-order chi connectivity index (χ1) is 12.8. The monoisotopic (exact) mass is 394 g/mol. The summed E-state index contributed by atoms with van der Waals surface area (Å²) in [5, 5.41) is 2.71. The Kier molecular flexibility index (Phi) is 6.79. The number of benzene rings is 2. The third-order valence-electron chi connectivity index (χ3n) is 3.75. The van der Waals surface area contributed by atoms with E-state index in [0.29, 0.717) is 12.3 Å². The second-order valence-electron chi connectivity index (χ2n) is 6.34. The van der Waals surface area contributed by atoms with Crippen LogP contribution in [0.1, 0.15) is 13.8 Å². The van der Waals surface area contributed by atoms with Crippen LogP contribution in [0.15, 0.2) is 53.4 Å². The fraction of sp³-hybridized carbons (Fsp3) is 0.316. The minimum atomic E-state index is -4.11. The van der Waals surface area contributed by atoms with Gasteiger partial charge in [-0.3, -0.25) is 9.10 Å². The zero-order valence-electron chi connectivity index (χ0n) is 15.5. The lowest BCUT2D eigenvalue weighted by Gasteiger charge is -2.25. The maximum absolute atomic E-state index is 13.2. The van der Waals surface area contributed by atoms with Gasteiger partial charge in [-0.25, -0.2) is 12.8 Å². The van der Waals surface area contributed by atoms with Crippen molar-refractivity contribution in [1.82, 2.24) is 5.32 Å². The van der Waals surface area contributed by atoms with Crippen molar-refractivity contribution in [2.45, 2.75) is 18.7 Å². The van der Waals surface area contributed by atoms with Gasteiger partial charge >= 0.3 is 0 Å². The van der Waals surface area contributed by atoms with Crippen molar-refractivity contribution in [1.29, 1.82) is 0 Å². The zero-order valence-corrected chi connectivity index (χ0v) is 16.3. The molecule has 146 valence electrons. The van der Waals surface area contributed by atoms with Crippen molar-refractivity contribution in [3.8, 4) is 5.75 Å². The fourth-order valence-corrected chi connectivity index (χ4v) is 3.81. The Morgan fingerprint density at radius 1 is 1.15 bits per heavy atom. The highest BCUT2D eigenvalue weighted by Gasteiger charge is 2.29. The number of methoxy groups -OCH3 is 1. The molecule has 2 aromatic carbocycles. The van der Waals surface area contributed by atoms with E-state index in [1.807, 2.05) is 13.8 Å². The smallest absolute Gasteiger partial charge is 0.264 e. The lowest BCUT2D eigenvalue weighted by Crippen LogP contribution is -2.42. The summed E-state index contributed by atoms with van der Waals surface area (Å²) in [6.45, 7) is 3.88. The Morgan fingerprint density at radius 2 is 1.78 bits per heavy atom. The van der Waals surface area contributed by atoms with E-state index in [4.69, 9.17) is 4.74 Å². The molecule has 0 heterocycles. The minimum Gasteiger partial charge on any atom is -0.495 e. The SMILES string of the molecule is COc1ccccc1N(CC(=O)NCC(C)C)S(=O)(=O)c1ccc(F)cc1. The second kappa shape index (κ2) is 8.85. The van der Waals surface area contributed by atoms with Crippen molar-refractivity contribution in [2.24, 2.45) is 5.92 Å². The van der Waals surface area contributed by atoms with E-state index in [0.717, 1.165) is 16.4 Å². The third-order valence-corrected chi connectivity index (χ3v) is 5.52. The molecule has 0 aliphatic heterocycles. The Morgan fingerprint density at radius 3 is 2.37 bits per heavy atom. The molecule has 0 aliphatic rings. The van der Waals surface area contributed by atoms with Crippen LogP contribution in [-0.4, -0.2) is 34.5 Å². The molecule has 0 saturated carbocycles. The highest BCUT2D eigenvalue weighted by Crippen LogP contribution is 2.32. The van der Waals surface area contributed by atoms with E-state index in [9.17, 15) is 17.6 Å². The summed E-state index contributed by atoms with van der Waals surface area (Å²) in [4.78, 5) is 12.2. The number of anilines is 1. The van der Waals surface area contributed by atoms with Gasteiger partial charge in [0, 0.05) is 6.54 Å². The van der Waals surface area contributed by atoms with Gasteiger partial charge in [-0.2, -0.15) is 0 Å². The Bertz CT molecular complexity index is 883. The van der Waals surface area contributed by atoms with Crippen molar-refractivity contribution in [2.75, 3.05) is 24.5 Å². The first-order valence-corrected chi connectivity index (χ1v) is 9.87. The molecule has 6 nitrogen and oxygen atoms in total. The van der Waals surface area contributed by atoms with Crippen LogP contribution < -0.4 is 14.4 Å². The number of ether oxygens (including phenoxy) is 1. The zero-order chi connectivity index (χ0) is 20.0. The summed E-state index contributed by atoms with van der Waals surface area (Å²) < 4.78 is 45.7. The number of hydrogen-bond donors (Lipinski definition) is 1. The van der Waals surface area contributed by atoms with Crippen LogP contribution in [0, 0.1) is 11.7 Å². The number of hydrogen-bond acceptors (Lipinski definition) is 4. The van der Waals surface area contributed by atoms with Gasteiger partial charge in [-0.1, -0.05) is 26.0 Å². The topological polar surface area (TPSA) is 75.7 Å². The van der Waals surface area contributed by atoms with Gasteiger partial charge in [0.2, 0.25) is 5.91 Å². The highest BCUT2D eigenvalue weighted by molar-refractivity contribution is 7.92. The molecule has 0 unspecified atom stereocenters. The number of amides is 1. The first kappa shape index (κ1) is 20.7. The molecule has 0 radical (unpaired) electrons. The number of nitrogens with one attached hydrogen (secondary N) is 1. The van der Waals surface area contributed by atoms with Crippen LogP contribution in [-0.2, 0) is 14.8 Å². The van der Waals surface area contributed by atoms with Crippen LogP contribution in [0.25, 0.3) is 0 Å². The number of halogens is 1. The summed E-state index contributed by atoms with van der Waals surface area (Å²) >= 11 is 0. The van der Waals surface area contributed by atoms with Gasteiger partial charge < -0.3 is 10.1 Å². The van der Waals surface area contributed by atoms with Crippen LogP contribution in [0.4, 0.5) is 10.1 Å². The lowest BCUT2D eigenvalue weighted by molar-refractivity contribution is -0.119. The predicted molar refractivity (Wildman–Crippen MR) is 102 cm³/mol. The Balaban J connectivity index is 2.45. The van der Waals surface area contributed by atoms with Crippen LogP contribution in [0.3, 0.4) is 0 Å². The molecule has 0 bridgehead atoms. The average Bonchev–Trinajstić information content (AvgIpc) is 2.64. The average molecular weight is 394 g/mol. The summed E-state index contributed by atoms with van der Waals surface area (Å²) in [5.74, 6) is -0.463. The summed E-state index contributed by atoms with van der Waals surface area (Å²) in [6.07, 6.45) is 0. The molecule has 0 aromatic heterocycles. The summed E-state index contributed by atoms with van der Waals surface area (Å²) in [7, 11) is -2.69. The van der Waals surface area contributed by atoms with Crippen LogP contribution >= 0.6 is 0 Å². The van der Waals surface area contributed by atoms with E-state index in [1.54, 1.807) is 24.3 Å². The summed E-state index contributed by atoms with van der Waals surface area (Å²) in [6, 6.07) is 11.0. The van der Waals surface area contributed by atoms with Crippen molar-refractivity contribution in [3.63, 3.8) is 0 Å². The number of carbonyl (C=O) groups excluding carboxylic acids is 1. The number of carbonyl (C=O) groups is 1. The Labute approximate surface area is 159 Å². The highest BCUT2D eigenvalue weighted by atomic mass is 32.2. The van der Waals surface area contributed by atoms with Gasteiger partial charge in [-0.15, -0.1) is 0 Å². The molecule has 0 spiro atoms. The molecule has 2 rings (SSSR count). The summed E-state index contributed by atoms with van der Waals surface area (Å²) in [5.41, 5.74) is 0.226. The predicted octanol–water partition coefficient (Wildman–Crippen LogP) is 2.80. The molecule has 2 aromatic rings. The molecule has 1 amide bonds. The number of nitrogens with zero attached hydrogens (tertiary/aromatic N) is 1. The minimum absolute atomic E-state index is 0.119. The normalized spacial score (nSPS) is 11.3. The molecule has 27 heavy (non-hydrogen) atoms. The molecule has 0 atom stereocenters. The molecule has 8 heteroatoms. The molecular weight excluding hydrogens is 371 g/mol. The van der Waals surface area contributed by atoms with Crippen LogP contribution in [0.5, 0.6) is 5.75 Å². The number of para-hydroxylation sites is 2. The second-order valence-corrected chi connectivity index (χ2v) is 8.20. The number of rotatable bonds is 8. The van der Waals surface area contributed by atoms with Crippen molar-refractivity contribution >= 4 is 21.6 Å². The molecule has 0 aliphatic carbocycles. The number of sulfonamides is 1. The van der Waals surface area contributed by atoms with Gasteiger partial charge in [0.25, 0.3) is 10.0 Å². The molecule has 1 N–H and O–H groups in total. The third kappa shape index (κ3) is 5.19.